The lowest BCUT2D eigenvalue weighted by Gasteiger charge is -2.27. The zero-order valence-electron chi connectivity index (χ0n) is 20.1. The van der Waals surface area contributed by atoms with Crippen LogP contribution in [0.5, 0.6) is 0 Å². The maximum absolute atomic E-state index is 13.5. The van der Waals surface area contributed by atoms with Crippen molar-refractivity contribution in [2.24, 2.45) is 17.8 Å². The highest BCUT2D eigenvalue weighted by Crippen LogP contribution is 2.50. The highest BCUT2D eigenvalue weighted by Gasteiger charge is 2.48. The Hall–Kier alpha value is -3.47. The molecule has 2 amide bonds. The Morgan fingerprint density at radius 3 is 2.58 bits per heavy atom. The molecule has 36 heavy (non-hydrogen) atoms. The fourth-order valence-corrected chi connectivity index (χ4v) is 4.97. The highest BCUT2D eigenvalue weighted by molar-refractivity contribution is 6.29. The molecule has 2 saturated carbocycles. The van der Waals surface area contributed by atoms with Crippen LogP contribution < -0.4 is 16.2 Å². The second-order valence-corrected chi connectivity index (χ2v) is 10.3. The predicted octanol–water partition coefficient (Wildman–Crippen LogP) is 2.62. The maximum Gasteiger partial charge on any atom is 0.270 e. The van der Waals surface area contributed by atoms with Crippen LogP contribution in [0.15, 0.2) is 35.5 Å². The molecule has 0 radical (unpaired) electrons. The first kappa shape index (κ1) is 24.2. The van der Waals surface area contributed by atoms with Gasteiger partial charge in [0.05, 0.1) is 18.4 Å². The van der Waals surface area contributed by atoms with Gasteiger partial charge in [0.1, 0.15) is 16.9 Å². The van der Waals surface area contributed by atoms with Crippen LogP contribution in [0.2, 0.25) is 5.15 Å². The van der Waals surface area contributed by atoms with E-state index in [0.717, 1.165) is 25.7 Å². The number of carbonyl (C=O) groups excluding carboxylic acids is 2. The van der Waals surface area contributed by atoms with Crippen LogP contribution in [0.1, 0.15) is 61.6 Å². The van der Waals surface area contributed by atoms with Gasteiger partial charge in [-0.2, -0.15) is 15.3 Å². The summed E-state index contributed by atoms with van der Waals surface area (Å²) in [5.74, 6) is 0.394. The van der Waals surface area contributed by atoms with E-state index in [1.165, 1.54) is 16.9 Å². The molecular formula is C24H29ClN8O3. The zero-order chi connectivity index (χ0) is 25.4. The Labute approximate surface area is 212 Å². The summed E-state index contributed by atoms with van der Waals surface area (Å²) in [5, 5.41) is 20.6. The summed E-state index contributed by atoms with van der Waals surface area (Å²) in [7, 11) is 0. The van der Waals surface area contributed by atoms with Crippen molar-refractivity contribution in [2.75, 3.05) is 5.32 Å². The highest BCUT2D eigenvalue weighted by atomic mass is 35.5. The third kappa shape index (κ3) is 5.35. The zero-order valence-corrected chi connectivity index (χ0v) is 20.9. The SMILES string of the molecule is CC(C)n1nccc1C(=O)N[C@H](C(=O)Nc1cnn(Cc2cc(Cl)n[nH]c2=O)c1)C(C1CC1)C1CC1. The van der Waals surface area contributed by atoms with E-state index in [9.17, 15) is 14.4 Å². The molecule has 0 unspecified atom stereocenters. The summed E-state index contributed by atoms with van der Waals surface area (Å²) in [4.78, 5) is 38.8. The van der Waals surface area contributed by atoms with Gasteiger partial charge in [-0.15, -0.1) is 0 Å². The molecule has 0 aromatic carbocycles. The number of H-pyrrole nitrogens is 1. The maximum atomic E-state index is 13.5. The van der Waals surface area contributed by atoms with Crippen molar-refractivity contribution in [3.63, 3.8) is 0 Å². The molecule has 12 heteroatoms. The fourth-order valence-electron chi connectivity index (χ4n) is 4.79. The molecule has 3 aromatic heterocycles. The van der Waals surface area contributed by atoms with E-state index in [0.29, 0.717) is 28.8 Å². The Bertz CT molecular complexity index is 1310. The molecule has 5 rings (SSSR count). The number of aromatic amines is 1. The first-order valence-corrected chi connectivity index (χ1v) is 12.6. The molecule has 3 aromatic rings. The molecule has 2 aliphatic rings. The Balaban J connectivity index is 1.33. The van der Waals surface area contributed by atoms with Crippen molar-refractivity contribution in [3.05, 3.63) is 57.5 Å². The number of hydrogen-bond acceptors (Lipinski definition) is 6. The number of halogens is 1. The number of anilines is 1. The topological polar surface area (TPSA) is 140 Å². The third-order valence-electron chi connectivity index (χ3n) is 6.76. The summed E-state index contributed by atoms with van der Waals surface area (Å²) in [6.45, 7) is 4.08. The number of hydrogen-bond donors (Lipinski definition) is 3. The van der Waals surface area contributed by atoms with E-state index >= 15 is 0 Å². The van der Waals surface area contributed by atoms with Gasteiger partial charge in [0.2, 0.25) is 5.91 Å². The lowest BCUT2D eigenvalue weighted by molar-refractivity contribution is -0.119. The largest absolute Gasteiger partial charge is 0.339 e. The number of amides is 2. The van der Waals surface area contributed by atoms with Gasteiger partial charge in [-0.1, -0.05) is 11.6 Å². The van der Waals surface area contributed by atoms with Gasteiger partial charge in [0.25, 0.3) is 11.5 Å². The predicted molar refractivity (Wildman–Crippen MR) is 133 cm³/mol. The van der Waals surface area contributed by atoms with Crippen molar-refractivity contribution in [1.29, 1.82) is 0 Å². The standard InChI is InChI=1S/C24H29ClN8O3/c1-13(2)33-18(7-8-26-33)23(35)29-21(20(14-3-4-14)15-5-6-15)24(36)28-17-10-27-32(12-17)11-16-9-19(25)30-31-22(16)34/h7-10,12-15,20-21H,3-6,11H2,1-2H3,(H,28,36)(H,29,35)(H,31,34)/t21-/m0/s1. The minimum Gasteiger partial charge on any atom is -0.339 e. The van der Waals surface area contributed by atoms with Crippen LogP contribution in [0.25, 0.3) is 0 Å². The van der Waals surface area contributed by atoms with Gasteiger partial charge < -0.3 is 10.6 Å². The van der Waals surface area contributed by atoms with E-state index < -0.39 is 6.04 Å². The number of carbonyl (C=O) groups is 2. The summed E-state index contributed by atoms with van der Waals surface area (Å²) >= 11 is 5.88. The van der Waals surface area contributed by atoms with Gasteiger partial charge in [-0.25, -0.2) is 5.10 Å². The molecule has 3 N–H and O–H groups in total. The molecule has 190 valence electrons. The molecule has 0 saturated heterocycles. The number of rotatable bonds is 10. The van der Waals surface area contributed by atoms with E-state index in [1.54, 1.807) is 23.1 Å². The van der Waals surface area contributed by atoms with Crippen LogP contribution in [-0.2, 0) is 11.3 Å². The van der Waals surface area contributed by atoms with E-state index in [2.05, 4.69) is 31.0 Å². The van der Waals surface area contributed by atoms with Crippen molar-refractivity contribution >= 4 is 29.1 Å². The Morgan fingerprint density at radius 2 is 1.92 bits per heavy atom. The molecule has 0 spiro atoms. The normalized spacial score (nSPS) is 16.4. The van der Waals surface area contributed by atoms with Crippen molar-refractivity contribution in [2.45, 2.75) is 58.2 Å². The summed E-state index contributed by atoms with van der Waals surface area (Å²) in [6, 6.07) is 2.50. The quantitative estimate of drug-likeness (QED) is 0.381. The van der Waals surface area contributed by atoms with Crippen LogP contribution in [-0.4, -0.2) is 47.6 Å². The Kier molecular flexibility index (Phi) is 6.65. The van der Waals surface area contributed by atoms with Crippen molar-refractivity contribution in [3.8, 4) is 0 Å². The molecular weight excluding hydrogens is 484 g/mol. The van der Waals surface area contributed by atoms with Gasteiger partial charge >= 0.3 is 0 Å². The van der Waals surface area contributed by atoms with Crippen LogP contribution in [0, 0.1) is 17.8 Å². The van der Waals surface area contributed by atoms with Crippen molar-refractivity contribution in [1.82, 2.24) is 35.1 Å². The lowest BCUT2D eigenvalue weighted by atomic mass is 9.88. The number of nitrogens with zero attached hydrogens (tertiary/aromatic N) is 5. The van der Waals surface area contributed by atoms with Gasteiger partial charge in [0.15, 0.2) is 0 Å². The number of aromatic nitrogens is 6. The average molecular weight is 513 g/mol. The summed E-state index contributed by atoms with van der Waals surface area (Å²) < 4.78 is 3.19. The molecule has 3 heterocycles. The molecule has 1 atom stereocenters. The monoisotopic (exact) mass is 512 g/mol. The van der Waals surface area contributed by atoms with E-state index in [-0.39, 0.29) is 41.0 Å². The lowest BCUT2D eigenvalue weighted by Crippen LogP contribution is -2.50. The first-order chi connectivity index (χ1) is 17.3. The molecule has 11 nitrogen and oxygen atoms in total. The molecule has 2 aliphatic carbocycles. The van der Waals surface area contributed by atoms with Crippen LogP contribution in [0.3, 0.4) is 0 Å². The molecule has 2 fully saturated rings. The van der Waals surface area contributed by atoms with Gasteiger partial charge in [-0.05, 0) is 69.4 Å². The average Bonchev–Trinajstić information content (AvgIpc) is 3.76. The smallest absolute Gasteiger partial charge is 0.270 e. The summed E-state index contributed by atoms with van der Waals surface area (Å²) in [5.41, 5.74) is 0.946. The van der Waals surface area contributed by atoms with Gasteiger partial charge in [0, 0.05) is 24.0 Å². The van der Waals surface area contributed by atoms with E-state index in [1.807, 2.05) is 13.8 Å². The Morgan fingerprint density at radius 1 is 1.19 bits per heavy atom. The van der Waals surface area contributed by atoms with Crippen LogP contribution in [0.4, 0.5) is 5.69 Å². The van der Waals surface area contributed by atoms with Crippen LogP contribution >= 0.6 is 11.6 Å². The minimum atomic E-state index is -0.668. The molecule has 0 bridgehead atoms. The summed E-state index contributed by atoms with van der Waals surface area (Å²) in [6.07, 6.45) is 9.06. The fraction of sp³-hybridized carbons (Fsp3) is 0.500. The van der Waals surface area contributed by atoms with Crippen molar-refractivity contribution < 1.29 is 9.59 Å². The second kappa shape index (κ2) is 9.88. The third-order valence-corrected chi connectivity index (χ3v) is 6.95. The first-order valence-electron chi connectivity index (χ1n) is 12.2. The minimum absolute atomic E-state index is 0.0176. The van der Waals surface area contributed by atoms with E-state index in [4.69, 9.17) is 11.6 Å². The second-order valence-electron chi connectivity index (χ2n) is 9.92. The number of nitrogens with one attached hydrogen (secondary N) is 3. The van der Waals surface area contributed by atoms with Gasteiger partial charge in [-0.3, -0.25) is 23.7 Å². The molecule has 0 aliphatic heterocycles.